The molecule has 162 valence electrons. The highest BCUT2D eigenvalue weighted by Gasteiger charge is 2.16. The van der Waals surface area contributed by atoms with Gasteiger partial charge in [0.15, 0.2) is 5.65 Å². The van der Waals surface area contributed by atoms with Crippen LogP contribution < -0.4 is 11.0 Å². The van der Waals surface area contributed by atoms with Gasteiger partial charge < -0.3 is 5.32 Å². The maximum absolute atomic E-state index is 13.0. The number of benzene rings is 1. The third-order valence-corrected chi connectivity index (χ3v) is 5.86. The van der Waals surface area contributed by atoms with Gasteiger partial charge in [-0.1, -0.05) is 18.2 Å². The zero-order valence-corrected chi connectivity index (χ0v) is 18.6. The number of aryl methyl sites for hydroxylation is 3. The number of carbonyl (C=O) groups excluding carboxylic acids is 1. The lowest BCUT2D eigenvalue weighted by molar-refractivity contribution is -0.121. The fourth-order valence-electron chi connectivity index (χ4n) is 4.18. The third kappa shape index (κ3) is 3.85. The number of aromatic nitrogens is 5. The summed E-state index contributed by atoms with van der Waals surface area (Å²) in [6.45, 7) is 8.12. The molecule has 0 aliphatic heterocycles. The first-order valence-corrected chi connectivity index (χ1v) is 10.5. The molecule has 1 aromatic carbocycles. The average Bonchev–Trinajstić information content (AvgIpc) is 3.17. The number of fused-ring (bicyclic) bond motifs is 3. The summed E-state index contributed by atoms with van der Waals surface area (Å²) in [6, 6.07) is 9.58. The molecule has 3 aromatic heterocycles. The van der Waals surface area contributed by atoms with Gasteiger partial charge in [-0.25, -0.2) is 13.9 Å². The van der Waals surface area contributed by atoms with Crippen molar-refractivity contribution in [2.75, 3.05) is 0 Å². The molecule has 8 heteroatoms. The molecule has 8 nitrogen and oxygen atoms in total. The molecule has 0 saturated carbocycles. The highest BCUT2D eigenvalue weighted by atomic mass is 16.2. The van der Waals surface area contributed by atoms with Crippen LogP contribution in [0.15, 0.2) is 35.1 Å². The molecule has 31 heavy (non-hydrogen) atoms. The van der Waals surface area contributed by atoms with Gasteiger partial charge in [-0.2, -0.15) is 5.10 Å². The molecule has 0 aliphatic rings. The van der Waals surface area contributed by atoms with Crippen molar-refractivity contribution in [3.63, 3.8) is 0 Å². The second-order valence-corrected chi connectivity index (χ2v) is 8.25. The third-order valence-electron chi connectivity index (χ3n) is 5.86. The fourth-order valence-corrected chi connectivity index (χ4v) is 4.18. The summed E-state index contributed by atoms with van der Waals surface area (Å²) in [6.07, 6.45) is 1.02. The van der Waals surface area contributed by atoms with Crippen LogP contribution in [0, 0.1) is 20.8 Å². The largest absolute Gasteiger partial charge is 0.352 e. The first-order chi connectivity index (χ1) is 14.8. The predicted octanol–water partition coefficient (Wildman–Crippen LogP) is 2.45. The highest BCUT2D eigenvalue weighted by Crippen LogP contribution is 2.18. The topological polar surface area (TPSA) is 86.2 Å². The minimum absolute atomic E-state index is 0.0476. The Morgan fingerprint density at radius 1 is 1.16 bits per heavy atom. The summed E-state index contributed by atoms with van der Waals surface area (Å²) in [5.41, 5.74) is 5.37. The number of hydrogen-bond acceptors (Lipinski definition) is 4. The summed E-state index contributed by atoms with van der Waals surface area (Å²) >= 11 is 0. The summed E-state index contributed by atoms with van der Waals surface area (Å²) in [5, 5.41) is 12.9. The average molecular weight is 421 g/mol. The number of hydrogen-bond donors (Lipinski definition) is 1. The van der Waals surface area contributed by atoms with Crippen LogP contribution in [0.3, 0.4) is 0 Å². The summed E-state index contributed by atoms with van der Waals surface area (Å²) in [5.74, 6) is -0.0476. The molecule has 0 aliphatic carbocycles. The number of amides is 1. The van der Waals surface area contributed by atoms with E-state index in [1.807, 2.05) is 69.8 Å². The summed E-state index contributed by atoms with van der Waals surface area (Å²) in [7, 11) is 1.91. The van der Waals surface area contributed by atoms with E-state index in [0.717, 1.165) is 33.4 Å². The van der Waals surface area contributed by atoms with E-state index in [2.05, 4.69) is 15.5 Å². The van der Waals surface area contributed by atoms with Crippen molar-refractivity contribution in [2.45, 2.75) is 53.1 Å². The van der Waals surface area contributed by atoms with Gasteiger partial charge in [-0.05, 0) is 62.8 Å². The number of nitrogens with zero attached hydrogens (tertiary/aromatic N) is 5. The molecule has 0 fully saturated rings. The number of rotatable bonds is 6. The van der Waals surface area contributed by atoms with Crippen molar-refractivity contribution < 1.29 is 4.79 Å². The molecular formula is C23H28N6O2. The van der Waals surface area contributed by atoms with E-state index in [1.165, 1.54) is 4.68 Å². The van der Waals surface area contributed by atoms with Crippen molar-refractivity contribution in [1.82, 2.24) is 29.3 Å². The summed E-state index contributed by atoms with van der Waals surface area (Å²) < 4.78 is 4.93. The zero-order valence-electron chi connectivity index (χ0n) is 18.6. The van der Waals surface area contributed by atoms with Gasteiger partial charge in [0.2, 0.25) is 5.91 Å². The molecule has 4 aromatic rings. The van der Waals surface area contributed by atoms with Crippen LogP contribution in [-0.4, -0.2) is 35.9 Å². The van der Waals surface area contributed by atoms with E-state index in [4.69, 9.17) is 0 Å². The lowest BCUT2D eigenvalue weighted by atomic mass is 10.1. The van der Waals surface area contributed by atoms with Gasteiger partial charge in [0, 0.05) is 25.2 Å². The maximum atomic E-state index is 13.0. The van der Waals surface area contributed by atoms with Gasteiger partial charge in [0.25, 0.3) is 0 Å². The van der Waals surface area contributed by atoms with Crippen molar-refractivity contribution in [3.8, 4) is 0 Å². The van der Waals surface area contributed by atoms with Crippen LogP contribution in [0.2, 0.25) is 0 Å². The quantitative estimate of drug-likeness (QED) is 0.519. The van der Waals surface area contributed by atoms with Crippen molar-refractivity contribution >= 4 is 22.5 Å². The van der Waals surface area contributed by atoms with Gasteiger partial charge >= 0.3 is 5.69 Å². The maximum Gasteiger partial charge on any atom is 0.350 e. The molecule has 1 amide bonds. The second-order valence-electron chi connectivity index (χ2n) is 8.25. The molecule has 4 rings (SSSR count). The van der Waals surface area contributed by atoms with Crippen LogP contribution in [0.1, 0.15) is 35.9 Å². The van der Waals surface area contributed by atoms with Crippen molar-refractivity contribution in [1.29, 1.82) is 0 Å². The van der Waals surface area contributed by atoms with E-state index >= 15 is 0 Å². The number of pyridine rings is 1. The number of carbonyl (C=O) groups is 1. The minimum atomic E-state index is -0.224. The molecule has 1 atom stereocenters. The first-order valence-electron chi connectivity index (χ1n) is 10.5. The second kappa shape index (κ2) is 8.02. The fraction of sp³-hybridized carbons (Fsp3) is 0.391. The lowest BCUT2D eigenvalue weighted by Crippen LogP contribution is -2.38. The van der Waals surface area contributed by atoms with Crippen LogP contribution >= 0.6 is 0 Å². The van der Waals surface area contributed by atoms with Gasteiger partial charge in [0.1, 0.15) is 0 Å². The van der Waals surface area contributed by atoms with Crippen LogP contribution in [-0.2, 0) is 24.8 Å². The smallest absolute Gasteiger partial charge is 0.350 e. The SMILES string of the molecule is Cc1nn(C)c(C)c1CCC(=O)NC(C)Cn1nc2c(C)cc3ccccc3n2c1=O. The lowest BCUT2D eigenvalue weighted by Gasteiger charge is -2.13. The van der Waals surface area contributed by atoms with Crippen LogP contribution in [0.5, 0.6) is 0 Å². The Labute approximate surface area is 180 Å². The van der Waals surface area contributed by atoms with Gasteiger partial charge in [0.05, 0.1) is 17.8 Å². The van der Waals surface area contributed by atoms with E-state index in [0.29, 0.717) is 25.0 Å². The van der Waals surface area contributed by atoms with Gasteiger partial charge in [-0.3, -0.25) is 9.48 Å². The van der Waals surface area contributed by atoms with E-state index in [-0.39, 0.29) is 17.6 Å². The molecule has 0 bridgehead atoms. The van der Waals surface area contributed by atoms with E-state index < -0.39 is 0 Å². The van der Waals surface area contributed by atoms with E-state index in [1.54, 1.807) is 4.40 Å². The van der Waals surface area contributed by atoms with Crippen molar-refractivity contribution in [2.24, 2.45) is 7.05 Å². The normalized spacial score (nSPS) is 12.5. The summed E-state index contributed by atoms with van der Waals surface area (Å²) in [4.78, 5) is 25.5. The molecule has 0 saturated heterocycles. The Morgan fingerprint density at radius 2 is 1.90 bits per heavy atom. The molecule has 1 unspecified atom stereocenters. The number of nitrogens with one attached hydrogen (secondary N) is 1. The molecule has 1 N–H and O–H groups in total. The monoisotopic (exact) mass is 420 g/mol. The predicted molar refractivity (Wildman–Crippen MR) is 120 cm³/mol. The first kappa shape index (κ1) is 20.8. The standard InChI is InChI=1S/C23H28N6O2/c1-14-12-18-8-6-7-9-20(18)29-22(14)26-28(23(29)31)13-15(2)24-21(30)11-10-19-16(3)25-27(5)17(19)4/h6-9,12,15H,10-11,13H2,1-5H3,(H,24,30). The van der Waals surface area contributed by atoms with Crippen molar-refractivity contribution in [3.05, 3.63) is 63.3 Å². The highest BCUT2D eigenvalue weighted by molar-refractivity contribution is 5.83. The molecule has 0 spiro atoms. The Bertz CT molecular complexity index is 1340. The minimum Gasteiger partial charge on any atom is -0.352 e. The molecule has 3 heterocycles. The molecule has 0 radical (unpaired) electrons. The Hall–Kier alpha value is -3.42. The Morgan fingerprint density at radius 3 is 2.61 bits per heavy atom. The van der Waals surface area contributed by atoms with E-state index in [9.17, 15) is 9.59 Å². The molecular weight excluding hydrogens is 392 g/mol. The van der Waals surface area contributed by atoms with Crippen LogP contribution in [0.25, 0.3) is 16.6 Å². The number of para-hydroxylation sites is 1. The Balaban J connectivity index is 1.48. The van der Waals surface area contributed by atoms with Crippen LogP contribution in [0.4, 0.5) is 0 Å². The zero-order chi connectivity index (χ0) is 22.3. The Kier molecular flexibility index (Phi) is 5.39. The van der Waals surface area contributed by atoms with Gasteiger partial charge in [-0.15, -0.1) is 5.10 Å².